The molecule has 2 aliphatic rings. The molecule has 5 rings (SSSR count). The van der Waals surface area contributed by atoms with Crippen molar-refractivity contribution in [2.75, 3.05) is 6.79 Å². The quantitative estimate of drug-likeness (QED) is 0.443. The Balaban J connectivity index is 1.38. The van der Waals surface area contributed by atoms with Crippen LogP contribution in [0.15, 0.2) is 34.7 Å². The minimum Gasteiger partial charge on any atom is -0.458 e. The highest BCUT2D eigenvalue weighted by Crippen LogP contribution is 2.33. The van der Waals surface area contributed by atoms with Crippen molar-refractivity contribution in [3.05, 3.63) is 41.7 Å². The molecule has 11 heteroatoms. The molecule has 1 atom stereocenters. The number of tetrazole rings is 1. The lowest BCUT2D eigenvalue weighted by Crippen LogP contribution is -2.52. The van der Waals surface area contributed by atoms with Crippen molar-refractivity contribution in [1.29, 1.82) is 0 Å². The van der Waals surface area contributed by atoms with Gasteiger partial charge in [-0.1, -0.05) is 32.3 Å². The van der Waals surface area contributed by atoms with Crippen molar-refractivity contribution in [3.8, 4) is 23.1 Å². The van der Waals surface area contributed by atoms with E-state index < -0.39 is 6.04 Å². The van der Waals surface area contributed by atoms with Gasteiger partial charge in [-0.05, 0) is 61.2 Å². The van der Waals surface area contributed by atoms with Crippen LogP contribution in [-0.2, 0) is 22.7 Å². The summed E-state index contributed by atoms with van der Waals surface area (Å²) in [5.74, 6) is 2.40. The van der Waals surface area contributed by atoms with Gasteiger partial charge in [-0.15, -0.1) is 10.2 Å². The van der Waals surface area contributed by atoms with Gasteiger partial charge in [0.25, 0.3) is 0 Å². The molecule has 196 valence electrons. The van der Waals surface area contributed by atoms with Gasteiger partial charge >= 0.3 is 0 Å². The number of hydrogen-bond donors (Lipinski definition) is 1. The number of nitrogens with zero attached hydrogens (tertiary/aromatic N) is 5. The van der Waals surface area contributed by atoms with Crippen LogP contribution in [0.4, 0.5) is 0 Å². The summed E-state index contributed by atoms with van der Waals surface area (Å²) in [5, 5.41) is 15.6. The lowest BCUT2D eigenvalue weighted by Gasteiger charge is -2.32. The molecule has 11 nitrogen and oxygen atoms in total. The zero-order chi connectivity index (χ0) is 25.8. The predicted octanol–water partition coefficient (Wildman–Crippen LogP) is 3.23. The Kier molecular flexibility index (Phi) is 7.38. The molecule has 0 unspecified atom stereocenters. The first-order valence-electron chi connectivity index (χ1n) is 12.8. The van der Waals surface area contributed by atoms with Gasteiger partial charge in [-0.3, -0.25) is 9.59 Å². The van der Waals surface area contributed by atoms with Gasteiger partial charge in [0.1, 0.15) is 18.3 Å². The fraction of sp³-hybridized carbons (Fsp3) is 0.500. The van der Waals surface area contributed by atoms with Crippen LogP contribution in [0.3, 0.4) is 0 Å². The number of ether oxygens (including phenoxy) is 2. The van der Waals surface area contributed by atoms with Crippen LogP contribution in [0.25, 0.3) is 11.6 Å². The maximum Gasteiger partial charge on any atom is 0.247 e. The summed E-state index contributed by atoms with van der Waals surface area (Å²) in [6.07, 6.45) is 5.45. The molecular formula is C26H32N6O5. The lowest BCUT2D eigenvalue weighted by atomic mass is 10.1. The van der Waals surface area contributed by atoms with E-state index in [4.69, 9.17) is 13.9 Å². The van der Waals surface area contributed by atoms with E-state index in [-0.39, 0.29) is 37.7 Å². The molecule has 1 aromatic carbocycles. The van der Waals surface area contributed by atoms with E-state index in [1.54, 1.807) is 11.0 Å². The maximum atomic E-state index is 13.7. The molecule has 0 spiro atoms. The lowest BCUT2D eigenvalue weighted by molar-refractivity contribution is -0.142. The highest BCUT2D eigenvalue weighted by atomic mass is 16.7. The minimum absolute atomic E-state index is 0.124. The second kappa shape index (κ2) is 11.0. The van der Waals surface area contributed by atoms with Gasteiger partial charge in [0.2, 0.25) is 24.4 Å². The van der Waals surface area contributed by atoms with Crippen LogP contribution in [-0.4, -0.2) is 55.8 Å². The average molecular weight is 509 g/mol. The molecule has 1 aliphatic heterocycles. The van der Waals surface area contributed by atoms with Crippen molar-refractivity contribution in [1.82, 2.24) is 30.4 Å². The standard InChI is InChI=1S/C26H32N6O5/c1-3-6-20(26(34)27-19-7-4-5-8-19)31(14-18-10-12-21-23(13-18)36-16-35-21)24(33)15-32-29-25(28-30-32)22-11-9-17(2)37-22/h9-13,19-20H,3-8,14-16H2,1-2H3,(H,27,34)/t20-/m1/s1. The molecule has 2 aromatic heterocycles. The van der Waals surface area contributed by atoms with Crippen LogP contribution in [0.5, 0.6) is 11.5 Å². The number of fused-ring (bicyclic) bond motifs is 1. The van der Waals surface area contributed by atoms with E-state index in [2.05, 4.69) is 20.7 Å². The van der Waals surface area contributed by atoms with Crippen molar-refractivity contribution >= 4 is 11.8 Å². The number of benzene rings is 1. The smallest absolute Gasteiger partial charge is 0.247 e. The van der Waals surface area contributed by atoms with Gasteiger partial charge in [-0.2, -0.15) is 4.80 Å². The molecule has 3 heterocycles. The summed E-state index contributed by atoms with van der Waals surface area (Å²) in [6, 6.07) is 8.67. The molecule has 2 amide bonds. The first-order chi connectivity index (χ1) is 18.0. The number of aryl methyl sites for hydroxylation is 1. The zero-order valence-electron chi connectivity index (χ0n) is 21.2. The Labute approximate surface area is 215 Å². The number of amides is 2. The van der Waals surface area contributed by atoms with Gasteiger partial charge < -0.3 is 24.1 Å². The summed E-state index contributed by atoms with van der Waals surface area (Å²) >= 11 is 0. The van der Waals surface area contributed by atoms with Crippen molar-refractivity contribution in [3.63, 3.8) is 0 Å². The normalized spacial score (nSPS) is 15.6. The van der Waals surface area contributed by atoms with E-state index in [0.29, 0.717) is 29.5 Å². The fourth-order valence-electron chi connectivity index (χ4n) is 4.85. The average Bonchev–Trinajstić information content (AvgIpc) is 3.69. The molecule has 1 N–H and O–H groups in total. The highest BCUT2D eigenvalue weighted by Gasteiger charge is 2.32. The van der Waals surface area contributed by atoms with Crippen LogP contribution in [0.2, 0.25) is 0 Å². The summed E-state index contributed by atoms with van der Waals surface area (Å²) in [7, 11) is 0. The first kappa shape index (κ1) is 24.8. The van der Waals surface area contributed by atoms with E-state index in [0.717, 1.165) is 43.4 Å². The van der Waals surface area contributed by atoms with Crippen LogP contribution < -0.4 is 14.8 Å². The third kappa shape index (κ3) is 5.76. The van der Waals surface area contributed by atoms with E-state index in [1.807, 2.05) is 38.1 Å². The van der Waals surface area contributed by atoms with Gasteiger partial charge in [0.15, 0.2) is 17.3 Å². The Morgan fingerprint density at radius 1 is 1.16 bits per heavy atom. The zero-order valence-corrected chi connectivity index (χ0v) is 21.2. The predicted molar refractivity (Wildman–Crippen MR) is 132 cm³/mol. The molecule has 0 radical (unpaired) electrons. The summed E-state index contributed by atoms with van der Waals surface area (Å²) in [5.41, 5.74) is 0.839. The summed E-state index contributed by atoms with van der Waals surface area (Å²) in [6.45, 7) is 4.08. The number of furan rings is 1. The molecule has 37 heavy (non-hydrogen) atoms. The monoisotopic (exact) mass is 508 g/mol. The Hall–Kier alpha value is -3.89. The SMILES string of the molecule is CCC[C@H](C(=O)NC1CCCC1)N(Cc1ccc2c(c1)OCO2)C(=O)Cn1nnc(-c2ccc(C)o2)n1. The number of rotatable bonds is 10. The van der Waals surface area contributed by atoms with Crippen LogP contribution >= 0.6 is 0 Å². The van der Waals surface area contributed by atoms with Crippen LogP contribution in [0, 0.1) is 6.92 Å². The number of hydrogen-bond acceptors (Lipinski definition) is 8. The van der Waals surface area contributed by atoms with E-state index in [1.165, 1.54) is 4.80 Å². The Morgan fingerprint density at radius 2 is 1.97 bits per heavy atom. The number of carbonyl (C=O) groups is 2. The summed E-state index contributed by atoms with van der Waals surface area (Å²) in [4.78, 5) is 30.0. The second-order valence-corrected chi connectivity index (χ2v) is 9.56. The highest BCUT2D eigenvalue weighted by molar-refractivity contribution is 5.87. The third-order valence-electron chi connectivity index (χ3n) is 6.74. The fourth-order valence-corrected chi connectivity index (χ4v) is 4.85. The first-order valence-corrected chi connectivity index (χ1v) is 12.8. The molecular weight excluding hydrogens is 476 g/mol. The second-order valence-electron chi connectivity index (χ2n) is 9.56. The topological polar surface area (TPSA) is 125 Å². The molecule has 1 saturated carbocycles. The van der Waals surface area contributed by atoms with Gasteiger partial charge in [0.05, 0.1) is 0 Å². The molecule has 0 bridgehead atoms. The van der Waals surface area contributed by atoms with Crippen molar-refractivity contribution < 1.29 is 23.5 Å². The Morgan fingerprint density at radius 3 is 2.73 bits per heavy atom. The molecule has 1 aliphatic carbocycles. The molecule has 3 aromatic rings. The largest absolute Gasteiger partial charge is 0.458 e. The number of carbonyl (C=O) groups excluding carboxylic acids is 2. The third-order valence-corrected chi connectivity index (χ3v) is 6.74. The van der Waals surface area contributed by atoms with E-state index in [9.17, 15) is 9.59 Å². The Bertz CT molecular complexity index is 1250. The van der Waals surface area contributed by atoms with Gasteiger partial charge in [-0.25, -0.2) is 0 Å². The van der Waals surface area contributed by atoms with Gasteiger partial charge in [0, 0.05) is 12.6 Å². The van der Waals surface area contributed by atoms with E-state index >= 15 is 0 Å². The maximum absolute atomic E-state index is 13.7. The minimum atomic E-state index is -0.626. The number of aromatic nitrogens is 4. The van der Waals surface area contributed by atoms with Crippen molar-refractivity contribution in [2.24, 2.45) is 0 Å². The molecule has 0 saturated heterocycles. The van der Waals surface area contributed by atoms with Crippen LogP contribution in [0.1, 0.15) is 56.8 Å². The van der Waals surface area contributed by atoms with Crippen molar-refractivity contribution in [2.45, 2.75) is 77.5 Å². The summed E-state index contributed by atoms with van der Waals surface area (Å²) < 4.78 is 16.5. The number of nitrogens with one attached hydrogen (secondary N) is 1. The molecule has 1 fully saturated rings.